The van der Waals surface area contributed by atoms with Crippen LogP contribution < -0.4 is 16.0 Å². The van der Waals surface area contributed by atoms with E-state index in [1.807, 2.05) is 0 Å². The van der Waals surface area contributed by atoms with Crippen LogP contribution in [-0.4, -0.2) is 36.9 Å². The highest BCUT2D eigenvalue weighted by molar-refractivity contribution is 7.10. The second-order valence-corrected chi connectivity index (χ2v) is 9.03. The van der Waals surface area contributed by atoms with Gasteiger partial charge in [-0.1, -0.05) is 44.6 Å². The number of nitrogens with one attached hydrogen (secondary N) is 3. The Labute approximate surface area is 170 Å². The van der Waals surface area contributed by atoms with Crippen LogP contribution in [0.5, 0.6) is 0 Å². The quantitative estimate of drug-likeness (QED) is 0.502. The van der Waals surface area contributed by atoms with Crippen LogP contribution in [0.4, 0.5) is 0 Å². The molecule has 7 heteroatoms. The smallest absolute Gasteiger partial charge is 0.309 e. The third kappa shape index (κ3) is 5.56. The molecule has 0 aromatic carbocycles. The molecule has 0 unspecified atom stereocenters. The lowest BCUT2D eigenvalue weighted by Crippen LogP contribution is -2.48. The molecule has 3 rings (SSSR count). The first-order chi connectivity index (χ1) is 13.6. The fourth-order valence-electron chi connectivity index (χ4n) is 4.39. The van der Waals surface area contributed by atoms with Gasteiger partial charge in [-0.15, -0.1) is 11.3 Å². The molecule has 0 aliphatic heterocycles. The summed E-state index contributed by atoms with van der Waals surface area (Å²) in [5, 5.41) is 10.3. The molecule has 3 amide bonds. The van der Waals surface area contributed by atoms with Gasteiger partial charge in [-0.25, -0.2) is 0 Å². The number of hydrogen-bond donors (Lipinski definition) is 3. The first kappa shape index (κ1) is 20.8. The fraction of sp³-hybridized carbons (Fsp3) is 0.667. The van der Waals surface area contributed by atoms with Crippen LogP contribution in [-0.2, 0) is 19.8 Å². The molecule has 1 heterocycles. The van der Waals surface area contributed by atoms with Gasteiger partial charge in [-0.2, -0.15) is 0 Å². The molecule has 154 valence electrons. The second-order valence-electron chi connectivity index (χ2n) is 8.09. The molecule has 28 heavy (non-hydrogen) atoms. The fourth-order valence-corrected chi connectivity index (χ4v) is 5.38. The standard InChI is InChI=1S/C21H31N3O3S/c25-18(23-15-21(11-5-6-12-21)17-10-7-13-28-17)14-22-19(26)20(27)24-16-8-3-1-2-4-9-16/h7,10,13,16H,1-6,8-9,11-12,14-15H2,(H,22,26)(H,23,25)(H,24,27). The van der Waals surface area contributed by atoms with E-state index in [2.05, 4.69) is 33.5 Å². The molecule has 2 fully saturated rings. The van der Waals surface area contributed by atoms with E-state index in [0.717, 1.165) is 38.5 Å². The second kappa shape index (κ2) is 10.0. The number of thiophene rings is 1. The molecule has 1 aromatic heterocycles. The van der Waals surface area contributed by atoms with Gasteiger partial charge >= 0.3 is 11.8 Å². The van der Waals surface area contributed by atoms with Gasteiger partial charge in [-0.3, -0.25) is 14.4 Å². The minimum Gasteiger partial charge on any atom is -0.354 e. The van der Waals surface area contributed by atoms with E-state index < -0.39 is 11.8 Å². The lowest BCUT2D eigenvalue weighted by molar-refractivity contribution is -0.140. The zero-order valence-electron chi connectivity index (χ0n) is 16.4. The predicted molar refractivity (Wildman–Crippen MR) is 110 cm³/mol. The summed E-state index contributed by atoms with van der Waals surface area (Å²) < 4.78 is 0. The van der Waals surface area contributed by atoms with Gasteiger partial charge in [0, 0.05) is 22.9 Å². The van der Waals surface area contributed by atoms with Crippen molar-refractivity contribution in [2.24, 2.45) is 0 Å². The molecule has 1 aromatic rings. The molecule has 0 radical (unpaired) electrons. The zero-order valence-corrected chi connectivity index (χ0v) is 17.2. The highest BCUT2D eigenvalue weighted by Gasteiger charge is 2.36. The summed E-state index contributed by atoms with van der Waals surface area (Å²) in [6.45, 7) is 0.411. The molecule has 6 nitrogen and oxygen atoms in total. The van der Waals surface area contributed by atoms with Crippen LogP contribution in [0.3, 0.4) is 0 Å². The third-order valence-corrected chi connectivity index (χ3v) is 7.15. The molecule has 2 aliphatic carbocycles. The molecular weight excluding hydrogens is 374 g/mol. The van der Waals surface area contributed by atoms with Crippen molar-refractivity contribution in [3.63, 3.8) is 0 Å². The molecule has 2 aliphatic rings. The summed E-state index contributed by atoms with van der Waals surface area (Å²) in [4.78, 5) is 37.6. The average molecular weight is 406 g/mol. The van der Waals surface area contributed by atoms with E-state index in [1.165, 1.54) is 30.6 Å². The minimum absolute atomic E-state index is 0.0186. The summed E-state index contributed by atoms with van der Waals surface area (Å²) in [6.07, 6.45) is 10.9. The maximum absolute atomic E-state index is 12.2. The normalized spacial score (nSPS) is 19.6. The Balaban J connectivity index is 1.41. The number of rotatable bonds is 6. The Morgan fingerprint density at radius 3 is 2.32 bits per heavy atom. The van der Waals surface area contributed by atoms with Crippen molar-refractivity contribution >= 4 is 29.1 Å². The molecule has 0 spiro atoms. The van der Waals surface area contributed by atoms with Crippen molar-refractivity contribution in [3.8, 4) is 0 Å². The van der Waals surface area contributed by atoms with Gasteiger partial charge in [-0.05, 0) is 37.1 Å². The van der Waals surface area contributed by atoms with Crippen molar-refractivity contribution < 1.29 is 14.4 Å². The highest BCUT2D eigenvalue weighted by Crippen LogP contribution is 2.42. The first-order valence-corrected chi connectivity index (χ1v) is 11.4. The SMILES string of the molecule is O=C(CNC(=O)C(=O)NC1CCCCCC1)NCC1(c2cccs2)CCCC1. The van der Waals surface area contributed by atoms with Gasteiger partial charge < -0.3 is 16.0 Å². The average Bonchev–Trinajstić information content (AvgIpc) is 3.34. The number of carbonyl (C=O) groups is 3. The Hall–Kier alpha value is -1.89. The van der Waals surface area contributed by atoms with Gasteiger partial charge in [0.15, 0.2) is 0 Å². The number of carbonyl (C=O) groups excluding carboxylic acids is 3. The van der Waals surface area contributed by atoms with E-state index in [9.17, 15) is 14.4 Å². The van der Waals surface area contributed by atoms with Crippen molar-refractivity contribution in [2.75, 3.05) is 13.1 Å². The van der Waals surface area contributed by atoms with Crippen LogP contribution >= 0.6 is 11.3 Å². The molecule has 0 bridgehead atoms. The van der Waals surface area contributed by atoms with E-state index in [1.54, 1.807) is 11.3 Å². The highest BCUT2D eigenvalue weighted by atomic mass is 32.1. The molecular formula is C21H31N3O3S. The Bertz CT molecular complexity index is 660. The van der Waals surface area contributed by atoms with E-state index in [-0.39, 0.29) is 23.9 Å². The van der Waals surface area contributed by atoms with E-state index in [0.29, 0.717) is 6.54 Å². The van der Waals surface area contributed by atoms with Crippen molar-refractivity contribution in [3.05, 3.63) is 22.4 Å². The van der Waals surface area contributed by atoms with Gasteiger partial charge in [0.05, 0.1) is 6.54 Å². The maximum Gasteiger partial charge on any atom is 0.309 e. The summed E-state index contributed by atoms with van der Waals surface area (Å²) in [7, 11) is 0. The van der Waals surface area contributed by atoms with Crippen molar-refractivity contribution in [1.29, 1.82) is 0 Å². The zero-order chi connectivity index (χ0) is 19.8. The van der Waals surface area contributed by atoms with E-state index >= 15 is 0 Å². The summed E-state index contributed by atoms with van der Waals surface area (Å²) in [5.74, 6) is -1.61. The number of hydrogen-bond acceptors (Lipinski definition) is 4. The molecule has 2 saturated carbocycles. The van der Waals surface area contributed by atoms with E-state index in [4.69, 9.17) is 0 Å². The summed E-state index contributed by atoms with van der Waals surface area (Å²) in [5.41, 5.74) is 0.0186. The largest absolute Gasteiger partial charge is 0.354 e. The predicted octanol–water partition coefficient (Wildman–Crippen LogP) is 2.63. The van der Waals surface area contributed by atoms with Crippen LogP contribution in [0.15, 0.2) is 17.5 Å². The Morgan fingerprint density at radius 1 is 0.964 bits per heavy atom. The monoisotopic (exact) mass is 405 g/mol. The van der Waals surface area contributed by atoms with Gasteiger partial charge in [0.2, 0.25) is 5.91 Å². The Kier molecular flexibility index (Phi) is 7.48. The van der Waals surface area contributed by atoms with Crippen LogP contribution in [0, 0.1) is 0 Å². The summed E-state index contributed by atoms with van der Waals surface area (Å²) in [6, 6.07) is 4.26. The topological polar surface area (TPSA) is 87.3 Å². The molecule has 0 saturated heterocycles. The van der Waals surface area contributed by atoms with Crippen molar-refractivity contribution in [1.82, 2.24) is 16.0 Å². The Morgan fingerprint density at radius 2 is 1.68 bits per heavy atom. The van der Waals surface area contributed by atoms with Crippen LogP contribution in [0.1, 0.15) is 69.1 Å². The van der Waals surface area contributed by atoms with Gasteiger partial charge in [0.25, 0.3) is 0 Å². The van der Waals surface area contributed by atoms with Crippen LogP contribution in [0.25, 0.3) is 0 Å². The molecule has 0 atom stereocenters. The summed E-state index contributed by atoms with van der Waals surface area (Å²) >= 11 is 1.74. The first-order valence-electron chi connectivity index (χ1n) is 10.5. The van der Waals surface area contributed by atoms with Crippen LogP contribution in [0.2, 0.25) is 0 Å². The lowest BCUT2D eigenvalue weighted by atomic mass is 9.84. The maximum atomic E-state index is 12.2. The molecule has 3 N–H and O–H groups in total. The lowest BCUT2D eigenvalue weighted by Gasteiger charge is -2.28. The third-order valence-electron chi connectivity index (χ3n) is 6.03. The minimum atomic E-state index is -0.728. The van der Waals surface area contributed by atoms with Gasteiger partial charge in [0.1, 0.15) is 0 Å². The number of amides is 3. The van der Waals surface area contributed by atoms with Crippen molar-refractivity contribution in [2.45, 2.75) is 75.7 Å².